The van der Waals surface area contributed by atoms with Gasteiger partial charge in [0.1, 0.15) is 6.71 Å². The molecule has 2 aliphatic rings. The third-order valence-corrected chi connectivity index (χ3v) is 5.95. The maximum atomic E-state index is 11.8. The highest BCUT2D eigenvalue weighted by molar-refractivity contribution is 6.62. The van der Waals surface area contributed by atoms with Gasteiger partial charge in [-0.1, -0.05) is 75.0 Å². The van der Waals surface area contributed by atoms with Gasteiger partial charge in [0.2, 0.25) is 0 Å². The highest BCUT2D eigenvalue weighted by Crippen LogP contribution is 2.48. The molecule has 0 spiro atoms. The molecule has 0 amide bonds. The lowest BCUT2D eigenvalue weighted by atomic mass is 9.26. The lowest BCUT2D eigenvalue weighted by Crippen LogP contribution is -2.34. The fourth-order valence-electron chi connectivity index (χ4n) is 4.90. The van der Waals surface area contributed by atoms with Gasteiger partial charge in [-0.3, -0.25) is 0 Å². The Morgan fingerprint density at radius 1 is 1.17 bits per heavy atom. The van der Waals surface area contributed by atoms with Crippen molar-refractivity contribution in [2.24, 2.45) is 0 Å². The van der Waals surface area contributed by atoms with Crippen molar-refractivity contribution in [1.29, 1.82) is 0 Å². The molecule has 124 valence electrons. The van der Waals surface area contributed by atoms with Crippen molar-refractivity contribution in [3.8, 4) is 0 Å². The molecule has 0 N–H and O–H groups in total. The van der Waals surface area contributed by atoms with Crippen LogP contribution in [0.1, 0.15) is 67.8 Å². The van der Waals surface area contributed by atoms with Crippen molar-refractivity contribution >= 4 is 12.7 Å². The molecule has 0 unspecified atom stereocenters. The minimum absolute atomic E-state index is 0.198. The minimum atomic E-state index is -0.198. The van der Waals surface area contributed by atoms with Crippen molar-refractivity contribution in [3.63, 3.8) is 0 Å². The Hall–Kier alpha value is -1.25. The zero-order valence-corrected chi connectivity index (χ0v) is 14.4. The van der Waals surface area contributed by atoms with Gasteiger partial charge in [-0.05, 0) is 31.0 Å². The SMILES string of the molecule is CCOC(=O)c1cccc(CCCB2C3CCCC2CCC3)c1. The Morgan fingerprint density at radius 3 is 2.52 bits per heavy atom. The smallest absolute Gasteiger partial charge is 0.338 e. The molecule has 0 saturated carbocycles. The van der Waals surface area contributed by atoms with Crippen LogP contribution in [-0.2, 0) is 11.2 Å². The van der Waals surface area contributed by atoms with Crippen molar-refractivity contribution in [3.05, 3.63) is 35.4 Å². The molecule has 0 atom stereocenters. The third kappa shape index (κ3) is 4.19. The van der Waals surface area contributed by atoms with E-state index >= 15 is 0 Å². The maximum Gasteiger partial charge on any atom is 0.338 e. The summed E-state index contributed by atoms with van der Waals surface area (Å²) < 4.78 is 5.09. The summed E-state index contributed by atoms with van der Waals surface area (Å²) in [6.45, 7) is 3.27. The van der Waals surface area contributed by atoms with Crippen LogP contribution in [0, 0.1) is 0 Å². The average Bonchev–Trinajstić information content (AvgIpc) is 2.55. The average molecular weight is 312 g/mol. The predicted molar refractivity (Wildman–Crippen MR) is 96.5 cm³/mol. The van der Waals surface area contributed by atoms with Crippen molar-refractivity contribution in [2.75, 3.05) is 6.61 Å². The fraction of sp³-hybridized carbons (Fsp3) is 0.650. The van der Waals surface area contributed by atoms with E-state index in [1.807, 2.05) is 25.1 Å². The van der Waals surface area contributed by atoms with Gasteiger partial charge in [-0.15, -0.1) is 0 Å². The fourth-order valence-corrected chi connectivity index (χ4v) is 4.90. The van der Waals surface area contributed by atoms with E-state index in [1.165, 1.54) is 56.8 Å². The molecule has 1 aromatic carbocycles. The molecular weight excluding hydrogens is 283 g/mol. The molecule has 23 heavy (non-hydrogen) atoms. The van der Waals surface area contributed by atoms with E-state index in [4.69, 9.17) is 4.74 Å². The number of fused-ring (bicyclic) bond motifs is 2. The quantitative estimate of drug-likeness (QED) is 0.519. The van der Waals surface area contributed by atoms with Crippen LogP contribution >= 0.6 is 0 Å². The number of benzene rings is 1. The van der Waals surface area contributed by atoms with Crippen LogP contribution in [0.3, 0.4) is 0 Å². The molecule has 0 aliphatic carbocycles. The second-order valence-electron chi connectivity index (χ2n) is 7.36. The first kappa shape index (κ1) is 16.6. The number of esters is 1. The normalized spacial score (nSPS) is 23.6. The number of aryl methyl sites for hydroxylation is 1. The van der Waals surface area contributed by atoms with Crippen LogP contribution in [0.4, 0.5) is 0 Å². The number of rotatable bonds is 6. The maximum absolute atomic E-state index is 11.8. The Labute approximate surface area is 141 Å². The molecule has 0 radical (unpaired) electrons. The first-order chi connectivity index (χ1) is 11.3. The number of carbonyl (C=O) groups excluding carboxylic acids is 1. The topological polar surface area (TPSA) is 26.3 Å². The summed E-state index contributed by atoms with van der Waals surface area (Å²) in [6.07, 6.45) is 12.5. The highest BCUT2D eigenvalue weighted by atomic mass is 16.5. The van der Waals surface area contributed by atoms with Gasteiger partial charge in [0.15, 0.2) is 0 Å². The largest absolute Gasteiger partial charge is 0.462 e. The van der Waals surface area contributed by atoms with E-state index in [9.17, 15) is 4.79 Å². The molecule has 0 aromatic heterocycles. The van der Waals surface area contributed by atoms with Gasteiger partial charge < -0.3 is 4.74 Å². The van der Waals surface area contributed by atoms with E-state index < -0.39 is 0 Å². The Balaban J connectivity index is 1.52. The third-order valence-electron chi connectivity index (χ3n) is 5.95. The number of ether oxygens (including phenoxy) is 1. The van der Waals surface area contributed by atoms with Crippen LogP contribution in [0.15, 0.2) is 24.3 Å². The Bertz CT molecular complexity index is 506. The van der Waals surface area contributed by atoms with Gasteiger partial charge in [0, 0.05) is 0 Å². The van der Waals surface area contributed by atoms with Crippen LogP contribution in [0.2, 0.25) is 18.0 Å². The van der Waals surface area contributed by atoms with Gasteiger partial charge in [-0.2, -0.15) is 0 Å². The van der Waals surface area contributed by atoms with E-state index in [0.717, 1.165) is 24.8 Å². The van der Waals surface area contributed by atoms with E-state index in [2.05, 4.69) is 6.07 Å². The monoisotopic (exact) mass is 312 g/mol. The second-order valence-corrected chi connectivity index (χ2v) is 7.36. The van der Waals surface area contributed by atoms with Gasteiger partial charge in [-0.25, -0.2) is 4.79 Å². The van der Waals surface area contributed by atoms with Crippen LogP contribution < -0.4 is 0 Å². The van der Waals surface area contributed by atoms with Crippen LogP contribution in [0.25, 0.3) is 0 Å². The zero-order valence-electron chi connectivity index (χ0n) is 14.4. The molecule has 2 saturated heterocycles. The molecule has 2 bridgehead atoms. The summed E-state index contributed by atoms with van der Waals surface area (Å²) in [6, 6.07) is 7.99. The predicted octanol–water partition coefficient (Wildman–Crippen LogP) is 5.40. The first-order valence-corrected chi connectivity index (χ1v) is 9.54. The molecule has 1 aromatic rings. The minimum Gasteiger partial charge on any atom is -0.462 e. The standard InChI is InChI=1S/C20H29BO2/c1-2-23-20(22)17-9-3-7-16(15-17)8-6-14-21-18-10-4-11-19(21)13-5-12-18/h3,7,9,15,18-19H,2,4-6,8,10-14H2,1H3. The Kier molecular flexibility index (Phi) is 5.80. The molecule has 2 fully saturated rings. The number of carbonyl (C=O) groups is 1. The summed E-state index contributed by atoms with van der Waals surface area (Å²) >= 11 is 0. The Morgan fingerprint density at radius 2 is 1.87 bits per heavy atom. The molecule has 3 heteroatoms. The van der Waals surface area contributed by atoms with Crippen molar-refractivity contribution in [2.45, 2.75) is 76.2 Å². The van der Waals surface area contributed by atoms with Crippen LogP contribution in [0.5, 0.6) is 0 Å². The van der Waals surface area contributed by atoms with E-state index in [0.29, 0.717) is 12.2 Å². The lowest BCUT2D eigenvalue weighted by Gasteiger charge is -2.40. The number of hydrogen-bond donors (Lipinski definition) is 0. The van der Waals surface area contributed by atoms with Gasteiger partial charge in [0.05, 0.1) is 12.2 Å². The molecule has 3 rings (SSSR count). The summed E-state index contributed by atoms with van der Waals surface area (Å²) in [5, 5.41) is 0. The van der Waals surface area contributed by atoms with E-state index in [1.54, 1.807) is 0 Å². The van der Waals surface area contributed by atoms with Crippen LogP contribution in [-0.4, -0.2) is 19.3 Å². The van der Waals surface area contributed by atoms with Gasteiger partial charge >= 0.3 is 5.97 Å². The molecule has 2 heterocycles. The summed E-state index contributed by atoms with van der Waals surface area (Å²) in [5.74, 6) is 1.82. The second kappa shape index (κ2) is 8.03. The van der Waals surface area contributed by atoms with Crippen molar-refractivity contribution < 1.29 is 9.53 Å². The summed E-state index contributed by atoms with van der Waals surface area (Å²) in [7, 11) is 0. The van der Waals surface area contributed by atoms with E-state index in [-0.39, 0.29) is 5.97 Å². The highest BCUT2D eigenvalue weighted by Gasteiger charge is 2.38. The van der Waals surface area contributed by atoms with Gasteiger partial charge in [0.25, 0.3) is 0 Å². The van der Waals surface area contributed by atoms with Crippen molar-refractivity contribution in [1.82, 2.24) is 0 Å². The summed E-state index contributed by atoms with van der Waals surface area (Å²) in [5.41, 5.74) is 1.97. The zero-order chi connectivity index (χ0) is 16.1. The molecular formula is C20H29BO2. The number of hydrogen-bond acceptors (Lipinski definition) is 2. The lowest BCUT2D eigenvalue weighted by molar-refractivity contribution is 0.0526. The molecule has 2 aliphatic heterocycles. The first-order valence-electron chi connectivity index (χ1n) is 9.54. The molecule has 2 nitrogen and oxygen atoms in total. The summed E-state index contributed by atoms with van der Waals surface area (Å²) in [4.78, 5) is 11.8.